The quantitative estimate of drug-likeness (QED) is 0.168. The lowest BCUT2D eigenvalue weighted by atomic mass is 10.2. The number of phosphoric ester groups is 1. The number of hydrogen-bond acceptors (Lipinski definition) is 7. The molecule has 0 atom stereocenters. The molecule has 0 spiro atoms. The first-order chi connectivity index (χ1) is 13.8. The summed E-state index contributed by atoms with van der Waals surface area (Å²) >= 11 is 0. The molecule has 1 heterocycles. The van der Waals surface area contributed by atoms with Crippen LogP contribution in [-0.4, -0.2) is 41.2 Å². The van der Waals surface area contributed by atoms with Crippen LogP contribution in [-0.2, 0) is 36.2 Å². The number of rotatable bonds is 11. The van der Waals surface area contributed by atoms with Crippen molar-refractivity contribution >= 4 is 21.7 Å². The zero-order chi connectivity index (χ0) is 24.3. The summed E-state index contributed by atoms with van der Waals surface area (Å²) < 4.78 is 37.8. The Balaban J connectivity index is 3.03. The molecule has 0 N–H and O–H groups in total. The summed E-state index contributed by atoms with van der Waals surface area (Å²) in [6, 6.07) is 1.03. The van der Waals surface area contributed by atoms with Gasteiger partial charge in [0.2, 0.25) is 0 Å². The van der Waals surface area contributed by atoms with Gasteiger partial charge in [0.05, 0.1) is 16.9 Å². The second-order valence-electron chi connectivity index (χ2n) is 10.9. The molecule has 0 saturated carbocycles. The molecule has 1 rings (SSSR count). The van der Waals surface area contributed by atoms with Crippen molar-refractivity contribution in [3.8, 4) is 0 Å². The van der Waals surface area contributed by atoms with Crippen molar-refractivity contribution in [2.45, 2.75) is 106 Å². The summed E-state index contributed by atoms with van der Waals surface area (Å²) in [6.07, 6.45) is 0. The van der Waals surface area contributed by atoms with E-state index in [2.05, 4.69) is 24.6 Å². The van der Waals surface area contributed by atoms with Crippen LogP contribution in [0.15, 0.2) is 0 Å². The molecule has 0 aromatic carbocycles. The predicted octanol–water partition coefficient (Wildman–Crippen LogP) is 5.96. The Morgan fingerprint density at radius 1 is 1.06 bits per heavy atom. The molecular formula is C21H41N2O6PSi. The average molecular weight is 477 g/mol. The molecule has 0 saturated heterocycles. The maximum atomic E-state index is 13.3. The number of ether oxygens (including phenoxy) is 1. The fourth-order valence-corrected chi connectivity index (χ4v) is 5.09. The molecule has 0 bridgehead atoms. The summed E-state index contributed by atoms with van der Waals surface area (Å²) in [5.74, 6) is 0.107. The molecule has 0 unspecified atom stereocenters. The second kappa shape index (κ2) is 10.4. The van der Waals surface area contributed by atoms with E-state index in [1.54, 1.807) is 46.1 Å². The Bertz CT molecular complexity index is 783. The molecule has 0 amide bonds. The van der Waals surface area contributed by atoms with Gasteiger partial charge in [-0.2, -0.15) is 0 Å². The first-order valence-corrected chi connectivity index (χ1v) is 15.8. The molecule has 0 radical (unpaired) electrons. The number of hydrogen-bond donors (Lipinski definition) is 0. The van der Waals surface area contributed by atoms with Gasteiger partial charge in [0.15, 0.2) is 11.6 Å². The van der Waals surface area contributed by atoms with Crippen molar-refractivity contribution in [2.24, 2.45) is 0 Å². The Morgan fingerprint density at radius 3 is 2.00 bits per heavy atom. The van der Waals surface area contributed by atoms with E-state index >= 15 is 0 Å². The third kappa shape index (κ3) is 10.6. The van der Waals surface area contributed by atoms with Crippen LogP contribution >= 0.6 is 7.82 Å². The second-order valence-corrected chi connectivity index (χ2v) is 18.1. The minimum Gasteiger partial charge on any atom is -0.361 e. The normalized spacial score (nSPS) is 13.6. The van der Waals surface area contributed by atoms with Gasteiger partial charge in [-0.25, -0.2) is 9.55 Å². The van der Waals surface area contributed by atoms with Crippen molar-refractivity contribution in [1.82, 2.24) is 9.55 Å². The number of imidazole rings is 1. The Morgan fingerprint density at radius 2 is 1.58 bits per heavy atom. The maximum Gasteiger partial charge on any atom is 0.476 e. The Kier molecular flexibility index (Phi) is 9.46. The molecular weight excluding hydrogens is 435 g/mol. The van der Waals surface area contributed by atoms with E-state index in [1.165, 1.54) is 6.92 Å². The highest BCUT2D eigenvalue weighted by atomic mass is 31.2. The van der Waals surface area contributed by atoms with E-state index in [0.717, 1.165) is 11.7 Å². The topological polar surface area (TPSA) is 88.9 Å². The number of Topliss-reactive ketones (excluding diaryl/α,β-unsaturated/α-hetero) is 1. The summed E-state index contributed by atoms with van der Waals surface area (Å²) in [4.78, 5) is 16.5. The van der Waals surface area contributed by atoms with Crippen LogP contribution in [0.2, 0.25) is 25.7 Å². The number of phosphoric acid groups is 1. The van der Waals surface area contributed by atoms with Crippen molar-refractivity contribution in [3.63, 3.8) is 0 Å². The van der Waals surface area contributed by atoms with Crippen molar-refractivity contribution in [1.29, 1.82) is 0 Å². The minimum absolute atomic E-state index is 0.114. The lowest BCUT2D eigenvalue weighted by Gasteiger charge is -2.30. The highest BCUT2D eigenvalue weighted by Crippen LogP contribution is 2.55. The van der Waals surface area contributed by atoms with Gasteiger partial charge in [-0.3, -0.25) is 18.4 Å². The number of nitrogens with zero attached hydrogens (tertiary/aromatic N) is 2. The summed E-state index contributed by atoms with van der Waals surface area (Å²) in [5, 5.41) is 0. The molecule has 0 aliphatic carbocycles. The molecule has 10 heteroatoms. The smallest absolute Gasteiger partial charge is 0.361 e. The van der Waals surface area contributed by atoms with Crippen LogP contribution in [0.5, 0.6) is 0 Å². The third-order valence-corrected chi connectivity index (χ3v) is 7.67. The van der Waals surface area contributed by atoms with Crippen LogP contribution in [0, 0.1) is 6.92 Å². The molecule has 1 aromatic heterocycles. The van der Waals surface area contributed by atoms with Gasteiger partial charge in [0.25, 0.3) is 0 Å². The Hall–Kier alpha value is -0.833. The minimum atomic E-state index is -3.88. The predicted molar refractivity (Wildman–Crippen MR) is 125 cm³/mol. The van der Waals surface area contributed by atoms with E-state index in [-0.39, 0.29) is 24.9 Å². The van der Waals surface area contributed by atoms with Gasteiger partial charge in [-0.05, 0) is 54.5 Å². The SMILES string of the molecule is CC(=O)c1nc(COP(=O)(OC(C)(C)C)OC(C)(C)C)c(C)n1COCC[Si](C)(C)C. The highest BCUT2D eigenvalue weighted by molar-refractivity contribution is 7.48. The monoisotopic (exact) mass is 476 g/mol. The van der Waals surface area contributed by atoms with Crippen LogP contribution in [0.25, 0.3) is 0 Å². The summed E-state index contributed by atoms with van der Waals surface area (Å²) in [7, 11) is -5.09. The molecule has 31 heavy (non-hydrogen) atoms. The average Bonchev–Trinajstić information content (AvgIpc) is 2.81. The van der Waals surface area contributed by atoms with E-state index in [4.69, 9.17) is 18.3 Å². The molecule has 180 valence electrons. The fourth-order valence-electron chi connectivity index (χ4n) is 2.56. The molecule has 0 aliphatic heterocycles. The Labute approximate surface area is 188 Å². The highest BCUT2D eigenvalue weighted by Gasteiger charge is 2.37. The van der Waals surface area contributed by atoms with E-state index in [0.29, 0.717) is 12.3 Å². The van der Waals surface area contributed by atoms with Gasteiger partial charge in [0, 0.05) is 27.3 Å². The first kappa shape index (κ1) is 28.2. The van der Waals surface area contributed by atoms with Crippen molar-refractivity contribution < 1.29 is 27.7 Å². The summed E-state index contributed by atoms with van der Waals surface area (Å²) in [6.45, 7) is 21.6. The maximum absolute atomic E-state index is 13.3. The molecule has 0 aliphatic rings. The van der Waals surface area contributed by atoms with Crippen LogP contribution in [0.1, 0.15) is 70.5 Å². The standard InChI is InChI=1S/C21H41N2O6PSi/c1-16-18(14-27-30(25,28-20(3,4)5)29-21(6,7)8)22-19(17(2)24)23(16)15-26-12-13-31(9,10)11/h12-15H2,1-11H3. The summed E-state index contributed by atoms with van der Waals surface area (Å²) in [5.41, 5.74) is -0.251. The zero-order valence-electron chi connectivity index (χ0n) is 21.1. The fraction of sp³-hybridized carbons (Fsp3) is 0.810. The van der Waals surface area contributed by atoms with Gasteiger partial charge in [-0.1, -0.05) is 19.6 Å². The molecule has 1 aromatic rings. The zero-order valence-corrected chi connectivity index (χ0v) is 23.0. The van der Waals surface area contributed by atoms with E-state index in [9.17, 15) is 9.36 Å². The first-order valence-electron chi connectivity index (χ1n) is 10.6. The molecule has 8 nitrogen and oxygen atoms in total. The largest absolute Gasteiger partial charge is 0.476 e. The number of carbonyl (C=O) groups is 1. The van der Waals surface area contributed by atoms with Crippen LogP contribution < -0.4 is 0 Å². The van der Waals surface area contributed by atoms with Crippen molar-refractivity contribution in [2.75, 3.05) is 6.61 Å². The number of aromatic nitrogens is 2. The van der Waals surface area contributed by atoms with Gasteiger partial charge in [0.1, 0.15) is 13.3 Å². The third-order valence-electron chi connectivity index (χ3n) is 3.98. The number of carbonyl (C=O) groups excluding carboxylic acids is 1. The van der Waals surface area contributed by atoms with Gasteiger partial charge in [-0.15, -0.1) is 0 Å². The van der Waals surface area contributed by atoms with Gasteiger partial charge < -0.3 is 9.30 Å². The number of ketones is 1. The molecule has 0 fully saturated rings. The van der Waals surface area contributed by atoms with E-state index in [1.807, 2.05) is 6.92 Å². The van der Waals surface area contributed by atoms with Crippen LogP contribution in [0.3, 0.4) is 0 Å². The van der Waals surface area contributed by atoms with Crippen molar-refractivity contribution in [3.05, 3.63) is 17.2 Å². The van der Waals surface area contributed by atoms with E-state index < -0.39 is 27.1 Å². The van der Waals surface area contributed by atoms with Gasteiger partial charge >= 0.3 is 7.82 Å². The lowest BCUT2D eigenvalue weighted by molar-refractivity contribution is 0.000463. The lowest BCUT2D eigenvalue weighted by Crippen LogP contribution is -2.24. The van der Waals surface area contributed by atoms with Crippen LogP contribution in [0.4, 0.5) is 0 Å².